The maximum Gasteiger partial charge on any atom is 0.0653 e. The Bertz CT molecular complexity index is 513. The third-order valence-corrected chi connectivity index (χ3v) is 8.57. The molecule has 0 aliphatic heterocycles. The van der Waals surface area contributed by atoms with Crippen LogP contribution in [0.2, 0.25) is 0 Å². The third kappa shape index (κ3) is 2.05. The number of aliphatic hydroxyl groups is 3. The van der Waals surface area contributed by atoms with E-state index < -0.39 is 5.60 Å². The molecule has 3 heteroatoms. The topological polar surface area (TPSA) is 60.7 Å². The zero-order valence-electron chi connectivity index (χ0n) is 15.2. The first kappa shape index (κ1) is 16.4. The van der Waals surface area contributed by atoms with Crippen molar-refractivity contribution in [1.29, 1.82) is 0 Å². The molecule has 0 unspecified atom stereocenters. The van der Waals surface area contributed by atoms with Gasteiger partial charge in [0, 0.05) is 0 Å². The van der Waals surface area contributed by atoms with Crippen molar-refractivity contribution in [1.82, 2.24) is 0 Å². The Balaban J connectivity index is 1.79. The van der Waals surface area contributed by atoms with E-state index in [1.165, 1.54) is 0 Å². The van der Waals surface area contributed by atoms with Crippen molar-refractivity contribution in [2.45, 2.75) is 90.4 Å². The van der Waals surface area contributed by atoms with Gasteiger partial charge < -0.3 is 15.3 Å². The van der Waals surface area contributed by atoms with Crippen LogP contribution in [0.25, 0.3) is 0 Å². The normalized spacial score (nSPS) is 60.9. The standard InChI is InChI=1S/C20H34O3/c1-17(2)8-13(21)9-18(3)15-6-5-12-7-20(15,11-19(12,4)23)10-14(22)16(17)18/h12-16,21-23H,5-11H2,1-4H3/t12-,13+,14-,15+,16-,18+,19-,20-/m1/s1. The molecule has 23 heavy (non-hydrogen) atoms. The predicted molar refractivity (Wildman–Crippen MR) is 89.7 cm³/mol. The van der Waals surface area contributed by atoms with Gasteiger partial charge in [-0.25, -0.2) is 0 Å². The highest BCUT2D eigenvalue weighted by Crippen LogP contribution is 2.72. The van der Waals surface area contributed by atoms with E-state index in [9.17, 15) is 15.3 Å². The molecule has 4 rings (SSSR count). The summed E-state index contributed by atoms with van der Waals surface area (Å²) in [6, 6.07) is 0. The van der Waals surface area contributed by atoms with E-state index in [1.54, 1.807) is 0 Å². The fourth-order valence-electron chi connectivity index (χ4n) is 8.51. The summed E-state index contributed by atoms with van der Waals surface area (Å²) in [5.74, 6) is 1.19. The van der Waals surface area contributed by atoms with Crippen LogP contribution in [0.3, 0.4) is 0 Å². The SMILES string of the molecule is CC1(C)C[C@H](O)C[C@]2(C)[C@@H]1[C@H](O)C[C@@]13C[C@@H](CC[C@H]12)[C@](C)(O)C3. The molecule has 0 aromatic rings. The average molecular weight is 322 g/mol. The van der Waals surface area contributed by atoms with Crippen molar-refractivity contribution < 1.29 is 15.3 Å². The van der Waals surface area contributed by atoms with Crippen LogP contribution >= 0.6 is 0 Å². The summed E-state index contributed by atoms with van der Waals surface area (Å²) in [4.78, 5) is 0. The molecule has 0 amide bonds. The van der Waals surface area contributed by atoms with Crippen LogP contribution in [0.5, 0.6) is 0 Å². The fourth-order valence-corrected chi connectivity index (χ4v) is 8.51. The van der Waals surface area contributed by atoms with Crippen molar-refractivity contribution >= 4 is 0 Å². The Morgan fingerprint density at radius 1 is 0.870 bits per heavy atom. The van der Waals surface area contributed by atoms with Crippen molar-refractivity contribution in [3.8, 4) is 0 Å². The van der Waals surface area contributed by atoms with Crippen LogP contribution in [0.4, 0.5) is 0 Å². The molecule has 0 saturated heterocycles. The Kier molecular flexibility index (Phi) is 3.22. The van der Waals surface area contributed by atoms with Gasteiger partial charge in [-0.2, -0.15) is 0 Å². The fraction of sp³-hybridized carbons (Fsp3) is 1.00. The molecular weight excluding hydrogens is 288 g/mol. The van der Waals surface area contributed by atoms with Crippen LogP contribution in [-0.2, 0) is 0 Å². The zero-order valence-corrected chi connectivity index (χ0v) is 15.2. The first-order valence-corrected chi connectivity index (χ1v) is 9.59. The van der Waals surface area contributed by atoms with Gasteiger partial charge in [0.15, 0.2) is 0 Å². The minimum atomic E-state index is -0.569. The van der Waals surface area contributed by atoms with Gasteiger partial charge in [-0.15, -0.1) is 0 Å². The van der Waals surface area contributed by atoms with Crippen molar-refractivity contribution in [2.24, 2.45) is 34.0 Å². The van der Waals surface area contributed by atoms with E-state index in [-0.39, 0.29) is 34.4 Å². The molecular formula is C20H34O3. The number of rotatable bonds is 0. The molecule has 0 heterocycles. The molecule has 0 aromatic heterocycles. The van der Waals surface area contributed by atoms with E-state index in [1.807, 2.05) is 6.92 Å². The Morgan fingerprint density at radius 2 is 1.57 bits per heavy atom. The van der Waals surface area contributed by atoms with Crippen LogP contribution in [0.1, 0.15) is 72.6 Å². The predicted octanol–water partition coefficient (Wildman–Crippen LogP) is 3.11. The van der Waals surface area contributed by atoms with E-state index >= 15 is 0 Å². The number of hydrogen-bond acceptors (Lipinski definition) is 3. The maximum atomic E-state index is 11.2. The van der Waals surface area contributed by atoms with Crippen molar-refractivity contribution in [3.63, 3.8) is 0 Å². The summed E-state index contributed by atoms with van der Waals surface area (Å²) in [5.41, 5.74) is -0.514. The maximum absolute atomic E-state index is 11.2. The molecule has 4 fully saturated rings. The molecule has 4 saturated carbocycles. The number of aliphatic hydroxyl groups excluding tert-OH is 2. The van der Waals surface area contributed by atoms with Gasteiger partial charge in [0.1, 0.15) is 0 Å². The van der Waals surface area contributed by atoms with Crippen LogP contribution in [0, 0.1) is 34.0 Å². The van der Waals surface area contributed by atoms with Gasteiger partial charge >= 0.3 is 0 Å². The second kappa shape index (κ2) is 4.53. The highest BCUT2D eigenvalue weighted by Gasteiger charge is 2.69. The number of fused-ring (bicyclic) bond motifs is 3. The molecule has 1 spiro atoms. The van der Waals surface area contributed by atoms with Crippen molar-refractivity contribution in [3.05, 3.63) is 0 Å². The van der Waals surface area contributed by atoms with Crippen LogP contribution in [-0.4, -0.2) is 33.1 Å². The van der Waals surface area contributed by atoms with Crippen LogP contribution in [0.15, 0.2) is 0 Å². The lowest BCUT2D eigenvalue weighted by Gasteiger charge is -2.66. The second-order valence-corrected chi connectivity index (χ2v) is 10.7. The van der Waals surface area contributed by atoms with E-state index in [0.717, 1.165) is 44.9 Å². The van der Waals surface area contributed by atoms with Gasteiger partial charge in [0.2, 0.25) is 0 Å². The second-order valence-electron chi connectivity index (χ2n) is 10.7. The number of hydrogen-bond donors (Lipinski definition) is 3. The monoisotopic (exact) mass is 322 g/mol. The minimum Gasteiger partial charge on any atom is -0.393 e. The molecule has 3 N–H and O–H groups in total. The summed E-state index contributed by atoms with van der Waals surface area (Å²) in [5, 5.41) is 32.6. The van der Waals surface area contributed by atoms with Gasteiger partial charge in [-0.05, 0) is 85.9 Å². The highest BCUT2D eigenvalue weighted by molar-refractivity contribution is 5.18. The van der Waals surface area contributed by atoms with E-state index in [0.29, 0.717) is 11.8 Å². The van der Waals surface area contributed by atoms with E-state index in [4.69, 9.17) is 0 Å². The average Bonchev–Trinajstić information content (AvgIpc) is 2.51. The van der Waals surface area contributed by atoms with Crippen molar-refractivity contribution in [2.75, 3.05) is 0 Å². The van der Waals surface area contributed by atoms with Crippen LogP contribution < -0.4 is 0 Å². The lowest BCUT2D eigenvalue weighted by Crippen LogP contribution is -2.63. The summed E-state index contributed by atoms with van der Waals surface area (Å²) in [6.07, 6.45) is 6.08. The molecule has 8 atom stereocenters. The molecule has 0 radical (unpaired) electrons. The molecule has 132 valence electrons. The lowest BCUT2D eigenvalue weighted by molar-refractivity contribution is -0.216. The molecule has 3 nitrogen and oxygen atoms in total. The quantitative estimate of drug-likeness (QED) is 0.642. The molecule has 4 aliphatic rings. The highest BCUT2D eigenvalue weighted by atomic mass is 16.3. The Labute approximate surface area is 140 Å². The summed E-state index contributed by atoms with van der Waals surface area (Å²) in [7, 11) is 0. The molecule has 2 bridgehead atoms. The summed E-state index contributed by atoms with van der Waals surface area (Å²) < 4.78 is 0. The zero-order chi connectivity index (χ0) is 16.8. The summed E-state index contributed by atoms with van der Waals surface area (Å²) in [6.45, 7) is 8.81. The molecule has 0 aromatic carbocycles. The first-order chi connectivity index (χ1) is 10.5. The van der Waals surface area contributed by atoms with Gasteiger partial charge in [-0.3, -0.25) is 0 Å². The van der Waals surface area contributed by atoms with Gasteiger partial charge in [0.05, 0.1) is 17.8 Å². The smallest absolute Gasteiger partial charge is 0.0653 e. The Morgan fingerprint density at radius 3 is 2.26 bits per heavy atom. The van der Waals surface area contributed by atoms with Gasteiger partial charge in [0.25, 0.3) is 0 Å². The summed E-state index contributed by atoms with van der Waals surface area (Å²) >= 11 is 0. The minimum absolute atomic E-state index is 0.00970. The van der Waals surface area contributed by atoms with E-state index in [2.05, 4.69) is 20.8 Å². The molecule has 4 aliphatic carbocycles. The lowest BCUT2D eigenvalue weighted by atomic mass is 9.40. The largest absolute Gasteiger partial charge is 0.393 e. The first-order valence-electron chi connectivity index (χ1n) is 9.59. The Hall–Kier alpha value is -0.120. The van der Waals surface area contributed by atoms with Gasteiger partial charge in [-0.1, -0.05) is 20.8 Å². The third-order valence-electron chi connectivity index (χ3n) is 8.57.